The number of ether oxygens (including phenoxy) is 1. The number of halogens is 1. The van der Waals surface area contributed by atoms with E-state index in [0.29, 0.717) is 22.9 Å². The van der Waals surface area contributed by atoms with Crippen molar-refractivity contribution in [1.82, 2.24) is 10.6 Å². The second kappa shape index (κ2) is 10.3. The Bertz CT molecular complexity index is 806. The molecule has 6 nitrogen and oxygen atoms in total. The van der Waals surface area contributed by atoms with Gasteiger partial charge in [0.25, 0.3) is 0 Å². The van der Waals surface area contributed by atoms with E-state index in [9.17, 15) is 14.4 Å². The Morgan fingerprint density at radius 2 is 1.70 bits per heavy atom. The van der Waals surface area contributed by atoms with Crippen LogP contribution in [0.2, 0.25) is 5.02 Å². The first-order chi connectivity index (χ1) is 13.0. The lowest BCUT2D eigenvalue weighted by Gasteiger charge is -2.07. The predicted octanol–water partition coefficient (Wildman–Crippen LogP) is 2.74. The zero-order valence-electron chi connectivity index (χ0n) is 15.0. The third-order valence-corrected chi connectivity index (χ3v) is 4.07. The Balaban J connectivity index is 1.68. The van der Waals surface area contributed by atoms with Crippen LogP contribution >= 0.6 is 11.6 Å². The topological polar surface area (TPSA) is 84.5 Å². The van der Waals surface area contributed by atoms with E-state index in [1.54, 1.807) is 36.4 Å². The van der Waals surface area contributed by atoms with Crippen molar-refractivity contribution in [3.63, 3.8) is 0 Å². The number of hydrogen-bond acceptors (Lipinski definition) is 4. The van der Waals surface area contributed by atoms with E-state index in [4.69, 9.17) is 16.3 Å². The van der Waals surface area contributed by atoms with Crippen molar-refractivity contribution in [2.45, 2.75) is 19.4 Å². The second-order valence-corrected chi connectivity index (χ2v) is 6.27. The van der Waals surface area contributed by atoms with Crippen LogP contribution in [0, 0.1) is 0 Å². The van der Waals surface area contributed by atoms with E-state index in [-0.39, 0.29) is 37.0 Å². The number of Topliss-reactive ketones (excluding diaryl/α,β-unsaturated/α-hetero) is 1. The molecule has 0 aliphatic heterocycles. The molecule has 27 heavy (non-hydrogen) atoms. The lowest BCUT2D eigenvalue weighted by Crippen LogP contribution is -2.36. The van der Waals surface area contributed by atoms with E-state index in [1.807, 2.05) is 12.1 Å². The minimum Gasteiger partial charge on any atom is -0.497 e. The Morgan fingerprint density at radius 3 is 2.41 bits per heavy atom. The molecule has 0 spiro atoms. The van der Waals surface area contributed by atoms with Gasteiger partial charge in [0.1, 0.15) is 5.75 Å². The molecular weight excluding hydrogens is 368 g/mol. The molecule has 7 heteroatoms. The minimum absolute atomic E-state index is 0.0144. The SMILES string of the molecule is COc1cccc(C(=O)CCC(=O)NCC(=O)NCc2ccc(Cl)cc2)c1. The first-order valence-corrected chi connectivity index (χ1v) is 8.81. The smallest absolute Gasteiger partial charge is 0.239 e. The summed E-state index contributed by atoms with van der Waals surface area (Å²) >= 11 is 5.80. The number of hydrogen-bond donors (Lipinski definition) is 2. The van der Waals surface area contributed by atoms with E-state index >= 15 is 0 Å². The first kappa shape index (κ1) is 20.5. The van der Waals surface area contributed by atoms with Gasteiger partial charge in [-0.25, -0.2) is 0 Å². The fourth-order valence-corrected chi connectivity index (χ4v) is 2.43. The molecule has 0 fully saturated rings. The highest BCUT2D eigenvalue weighted by molar-refractivity contribution is 6.30. The van der Waals surface area contributed by atoms with E-state index < -0.39 is 0 Å². The second-order valence-electron chi connectivity index (χ2n) is 5.84. The quantitative estimate of drug-likeness (QED) is 0.647. The van der Waals surface area contributed by atoms with Gasteiger partial charge in [-0.05, 0) is 29.8 Å². The monoisotopic (exact) mass is 388 g/mol. The van der Waals surface area contributed by atoms with Gasteiger partial charge >= 0.3 is 0 Å². The van der Waals surface area contributed by atoms with Gasteiger partial charge in [-0.2, -0.15) is 0 Å². The maximum absolute atomic E-state index is 12.1. The van der Waals surface area contributed by atoms with Crippen molar-refractivity contribution in [2.24, 2.45) is 0 Å². The number of amides is 2. The summed E-state index contributed by atoms with van der Waals surface area (Å²) in [5.74, 6) is -0.232. The fourth-order valence-electron chi connectivity index (χ4n) is 2.30. The molecule has 0 aliphatic carbocycles. The van der Waals surface area contributed by atoms with E-state index in [2.05, 4.69) is 10.6 Å². The van der Waals surface area contributed by atoms with Crippen LogP contribution in [0.5, 0.6) is 5.75 Å². The van der Waals surface area contributed by atoms with Crippen LogP contribution in [0.3, 0.4) is 0 Å². The van der Waals surface area contributed by atoms with Crippen LogP contribution in [0.15, 0.2) is 48.5 Å². The number of methoxy groups -OCH3 is 1. The van der Waals surface area contributed by atoms with Crippen molar-refractivity contribution in [2.75, 3.05) is 13.7 Å². The molecule has 0 radical (unpaired) electrons. The molecule has 0 bridgehead atoms. The van der Waals surface area contributed by atoms with Crippen molar-refractivity contribution in [1.29, 1.82) is 0 Å². The summed E-state index contributed by atoms with van der Waals surface area (Å²) in [5, 5.41) is 5.83. The fraction of sp³-hybridized carbons (Fsp3) is 0.250. The minimum atomic E-state index is -0.354. The lowest BCUT2D eigenvalue weighted by atomic mass is 10.1. The van der Waals surface area contributed by atoms with Gasteiger partial charge in [0.05, 0.1) is 13.7 Å². The Morgan fingerprint density at radius 1 is 0.963 bits per heavy atom. The van der Waals surface area contributed by atoms with Crippen molar-refractivity contribution < 1.29 is 19.1 Å². The maximum Gasteiger partial charge on any atom is 0.239 e. The summed E-state index contributed by atoms with van der Waals surface area (Å²) in [6, 6.07) is 13.9. The van der Waals surface area contributed by atoms with Gasteiger partial charge in [-0.3, -0.25) is 14.4 Å². The van der Waals surface area contributed by atoms with Crippen LogP contribution in [0.25, 0.3) is 0 Å². The maximum atomic E-state index is 12.1. The first-order valence-electron chi connectivity index (χ1n) is 8.43. The highest BCUT2D eigenvalue weighted by atomic mass is 35.5. The molecule has 0 aliphatic rings. The van der Waals surface area contributed by atoms with Crippen LogP contribution in [0.1, 0.15) is 28.8 Å². The van der Waals surface area contributed by atoms with Crippen LogP contribution in [-0.2, 0) is 16.1 Å². The van der Waals surface area contributed by atoms with Crippen LogP contribution in [-0.4, -0.2) is 31.3 Å². The van der Waals surface area contributed by atoms with Crippen molar-refractivity contribution >= 4 is 29.2 Å². The largest absolute Gasteiger partial charge is 0.497 e. The summed E-state index contributed by atoms with van der Waals surface area (Å²) in [6.07, 6.45) is 0.0753. The highest BCUT2D eigenvalue weighted by Gasteiger charge is 2.11. The van der Waals surface area contributed by atoms with E-state index in [1.165, 1.54) is 7.11 Å². The molecule has 2 aromatic rings. The molecule has 2 aromatic carbocycles. The standard InChI is InChI=1S/C20H21ClN2O4/c1-27-17-4-2-3-15(11-17)18(24)9-10-19(25)23-13-20(26)22-12-14-5-7-16(21)8-6-14/h2-8,11H,9-10,12-13H2,1H3,(H,22,26)(H,23,25). The number of rotatable bonds is 9. The summed E-state index contributed by atoms with van der Waals surface area (Å²) in [4.78, 5) is 35.7. The molecule has 0 aromatic heterocycles. The zero-order valence-corrected chi connectivity index (χ0v) is 15.7. The number of benzene rings is 2. The molecule has 2 N–H and O–H groups in total. The third-order valence-electron chi connectivity index (χ3n) is 3.82. The van der Waals surface area contributed by atoms with Gasteiger partial charge in [0.15, 0.2) is 5.78 Å². The molecule has 0 saturated carbocycles. The Labute approximate surface area is 162 Å². The van der Waals surface area contributed by atoms with Gasteiger partial charge in [0.2, 0.25) is 11.8 Å². The van der Waals surface area contributed by atoms with Crippen molar-refractivity contribution in [3.8, 4) is 5.75 Å². The highest BCUT2D eigenvalue weighted by Crippen LogP contribution is 2.14. The molecule has 0 heterocycles. The summed E-state index contributed by atoms with van der Waals surface area (Å²) in [7, 11) is 1.52. The molecule has 2 rings (SSSR count). The summed E-state index contributed by atoms with van der Waals surface area (Å²) < 4.78 is 5.07. The molecular formula is C20H21ClN2O4. The number of ketones is 1. The zero-order chi connectivity index (χ0) is 19.6. The predicted molar refractivity (Wildman–Crippen MR) is 103 cm³/mol. The number of carbonyl (C=O) groups excluding carboxylic acids is 3. The molecule has 0 unspecified atom stereocenters. The molecule has 0 saturated heterocycles. The summed E-state index contributed by atoms with van der Waals surface area (Å²) in [6.45, 7) is 0.208. The average Bonchev–Trinajstić information content (AvgIpc) is 2.70. The normalized spacial score (nSPS) is 10.1. The number of nitrogens with one attached hydrogen (secondary N) is 2. The molecule has 0 atom stereocenters. The lowest BCUT2D eigenvalue weighted by molar-refractivity contribution is -0.126. The van der Waals surface area contributed by atoms with Crippen molar-refractivity contribution in [3.05, 3.63) is 64.7 Å². The van der Waals surface area contributed by atoms with Crippen LogP contribution < -0.4 is 15.4 Å². The van der Waals surface area contributed by atoms with Crippen LogP contribution in [0.4, 0.5) is 0 Å². The Hall–Kier alpha value is -2.86. The van der Waals surface area contributed by atoms with E-state index in [0.717, 1.165) is 5.56 Å². The van der Waals surface area contributed by atoms with Gasteiger partial charge < -0.3 is 15.4 Å². The summed E-state index contributed by atoms with van der Waals surface area (Å²) in [5.41, 5.74) is 1.39. The average molecular weight is 389 g/mol. The third kappa shape index (κ3) is 7.11. The Kier molecular flexibility index (Phi) is 7.82. The van der Waals surface area contributed by atoms with Gasteiger partial charge in [0, 0.05) is 30.0 Å². The molecule has 142 valence electrons. The number of carbonyl (C=O) groups is 3. The van der Waals surface area contributed by atoms with Gasteiger partial charge in [-0.15, -0.1) is 0 Å². The molecule has 2 amide bonds. The van der Waals surface area contributed by atoms with Gasteiger partial charge in [-0.1, -0.05) is 35.9 Å².